The van der Waals surface area contributed by atoms with Gasteiger partial charge in [-0.2, -0.15) is 13.2 Å². The van der Waals surface area contributed by atoms with Gasteiger partial charge in [-0.25, -0.2) is 0 Å². The molecule has 3 rings (SSSR count). The van der Waals surface area contributed by atoms with Crippen LogP contribution in [0.15, 0.2) is 53.5 Å². The summed E-state index contributed by atoms with van der Waals surface area (Å²) in [5, 5.41) is 2.35. The van der Waals surface area contributed by atoms with Crippen molar-refractivity contribution < 1.29 is 22.7 Å². The van der Waals surface area contributed by atoms with Gasteiger partial charge in [-0.3, -0.25) is 9.59 Å². The van der Waals surface area contributed by atoms with Crippen molar-refractivity contribution >= 4 is 22.5 Å². The van der Waals surface area contributed by atoms with E-state index in [1.54, 1.807) is 12.1 Å². The SMILES string of the molecule is COc1ccc2[nH]cc(C(=O)Nc3ccccc3C(F)(F)F)c(=O)c2c1. The fraction of sp³-hybridized carbons (Fsp3) is 0.111. The standard InChI is InChI=1S/C18H13F3N2O3/c1-26-10-6-7-14-11(8-10)16(24)12(9-22-14)17(25)23-15-5-3-2-4-13(15)18(19,20)21/h2-9H,1H3,(H,22,24)(H,23,25). The number of rotatable bonds is 3. The number of para-hydroxylation sites is 1. The van der Waals surface area contributed by atoms with E-state index in [0.29, 0.717) is 11.3 Å². The Labute approximate surface area is 145 Å². The van der Waals surface area contributed by atoms with Crippen LogP contribution in [0.4, 0.5) is 18.9 Å². The van der Waals surface area contributed by atoms with Gasteiger partial charge in [0.15, 0.2) is 0 Å². The Morgan fingerprint density at radius 1 is 1.15 bits per heavy atom. The summed E-state index contributed by atoms with van der Waals surface area (Å²) < 4.78 is 44.2. The third-order valence-corrected chi connectivity index (χ3v) is 3.81. The number of fused-ring (bicyclic) bond motifs is 1. The Morgan fingerprint density at radius 2 is 1.88 bits per heavy atom. The lowest BCUT2D eigenvalue weighted by molar-refractivity contribution is -0.136. The number of alkyl halides is 3. The minimum Gasteiger partial charge on any atom is -0.497 e. The summed E-state index contributed by atoms with van der Waals surface area (Å²) in [6.07, 6.45) is -3.46. The maximum atomic E-state index is 13.0. The van der Waals surface area contributed by atoms with Crippen LogP contribution in [0, 0.1) is 0 Å². The monoisotopic (exact) mass is 362 g/mol. The molecule has 0 saturated heterocycles. The van der Waals surface area contributed by atoms with Crippen molar-refractivity contribution in [2.75, 3.05) is 12.4 Å². The fourth-order valence-electron chi connectivity index (χ4n) is 2.52. The van der Waals surface area contributed by atoms with E-state index in [2.05, 4.69) is 10.3 Å². The van der Waals surface area contributed by atoms with E-state index < -0.39 is 28.8 Å². The Morgan fingerprint density at radius 3 is 2.58 bits per heavy atom. The molecule has 134 valence electrons. The van der Waals surface area contributed by atoms with Crippen molar-refractivity contribution in [3.8, 4) is 5.75 Å². The minimum absolute atomic E-state index is 0.195. The number of anilines is 1. The van der Waals surface area contributed by atoms with Crippen molar-refractivity contribution in [1.82, 2.24) is 4.98 Å². The van der Waals surface area contributed by atoms with Crippen molar-refractivity contribution in [3.63, 3.8) is 0 Å². The van der Waals surface area contributed by atoms with Gasteiger partial charge < -0.3 is 15.0 Å². The van der Waals surface area contributed by atoms with Gasteiger partial charge in [-0.15, -0.1) is 0 Å². The number of ether oxygens (including phenoxy) is 1. The molecule has 0 radical (unpaired) electrons. The van der Waals surface area contributed by atoms with Crippen LogP contribution in [-0.2, 0) is 6.18 Å². The minimum atomic E-state index is -4.63. The molecule has 0 spiro atoms. The summed E-state index contributed by atoms with van der Waals surface area (Å²) in [6, 6.07) is 9.25. The van der Waals surface area contributed by atoms with Crippen LogP contribution in [0.2, 0.25) is 0 Å². The second-order valence-electron chi connectivity index (χ2n) is 5.44. The molecule has 1 amide bonds. The van der Waals surface area contributed by atoms with Crippen molar-refractivity contribution in [1.29, 1.82) is 0 Å². The molecule has 0 atom stereocenters. The third kappa shape index (κ3) is 3.26. The van der Waals surface area contributed by atoms with Crippen LogP contribution in [0.1, 0.15) is 15.9 Å². The second kappa shape index (κ2) is 6.55. The zero-order valence-electron chi connectivity index (χ0n) is 13.5. The highest BCUT2D eigenvalue weighted by molar-refractivity contribution is 6.06. The number of hydrogen-bond donors (Lipinski definition) is 2. The lowest BCUT2D eigenvalue weighted by Gasteiger charge is -2.13. The molecule has 26 heavy (non-hydrogen) atoms. The zero-order chi connectivity index (χ0) is 18.9. The van der Waals surface area contributed by atoms with Crippen LogP contribution in [0.25, 0.3) is 10.9 Å². The molecule has 0 fully saturated rings. The lowest BCUT2D eigenvalue weighted by atomic mass is 10.1. The summed E-state index contributed by atoms with van der Waals surface area (Å²) in [5.74, 6) is -0.518. The topological polar surface area (TPSA) is 71.2 Å². The number of benzene rings is 2. The first-order valence-electron chi connectivity index (χ1n) is 7.48. The first-order valence-corrected chi connectivity index (χ1v) is 7.48. The van der Waals surface area contributed by atoms with Crippen LogP contribution in [0.3, 0.4) is 0 Å². The molecule has 0 aliphatic carbocycles. The highest BCUT2D eigenvalue weighted by Gasteiger charge is 2.33. The molecule has 1 heterocycles. The number of aromatic amines is 1. The molecule has 0 saturated carbocycles. The molecule has 0 bridgehead atoms. The number of aromatic nitrogens is 1. The smallest absolute Gasteiger partial charge is 0.418 e. The molecule has 0 aliphatic heterocycles. The van der Waals surface area contributed by atoms with Crippen molar-refractivity contribution in [2.45, 2.75) is 6.18 Å². The molecule has 0 aliphatic rings. The van der Waals surface area contributed by atoms with Crippen LogP contribution in [-0.4, -0.2) is 18.0 Å². The summed E-state index contributed by atoms with van der Waals surface area (Å²) >= 11 is 0. The van der Waals surface area contributed by atoms with Gasteiger partial charge in [0, 0.05) is 17.1 Å². The predicted octanol–water partition coefficient (Wildman–Crippen LogP) is 3.81. The average Bonchev–Trinajstić information content (AvgIpc) is 2.61. The maximum Gasteiger partial charge on any atom is 0.418 e. The normalized spacial score (nSPS) is 11.4. The first-order chi connectivity index (χ1) is 12.3. The number of H-pyrrole nitrogens is 1. The van der Waals surface area contributed by atoms with E-state index in [1.165, 1.54) is 31.5 Å². The zero-order valence-corrected chi connectivity index (χ0v) is 13.5. The van der Waals surface area contributed by atoms with Crippen molar-refractivity contribution in [2.24, 2.45) is 0 Å². The lowest BCUT2D eigenvalue weighted by Crippen LogP contribution is -2.23. The van der Waals surface area contributed by atoms with E-state index in [9.17, 15) is 22.8 Å². The molecule has 0 unspecified atom stereocenters. The Balaban J connectivity index is 2.02. The van der Waals surface area contributed by atoms with Gasteiger partial charge in [0.2, 0.25) is 5.43 Å². The number of nitrogens with one attached hydrogen (secondary N) is 2. The molecule has 3 aromatic rings. The number of methoxy groups -OCH3 is 1. The van der Waals surface area contributed by atoms with Crippen molar-refractivity contribution in [3.05, 3.63) is 70.0 Å². The van der Waals surface area contributed by atoms with Gasteiger partial charge in [0.05, 0.1) is 18.4 Å². The quantitative estimate of drug-likeness (QED) is 0.744. The number of hydrogen-bond acceptors (Lipinski definition) is 3. The van der Waals surface area contributed by atoms with Gasteiger partial charge in [0.1, 0.15) is 11.3 Å². The fourth-order valence-corrected chi connectivity index (χ4v) is 2.52. The molecule has 5 nitrogen and oxygen atoms in total. The highest BCUT2D eigenvalue weighted by Crippen LogP contribution is 2.34. The molecule has 2 aromatic carbocycles. The van der Waals surface area contributed by atoms with Gasteiger partial charge in [-0.05, 0) is 30.3 Å². The average molecular weight is 362 g/mol. The Kier molecular flexibility index (Phi) is 4.41. The molecular weight excluding hydrogens is 349 g/mol. The number of carbonyl (C=O) groups excluding carboxylic acids is 1. The van der Waals surface area contributed by atoms with E-state index >= 15 is 0 Å². The largest absolute Gasteiger partial charge is 0.497 e. The van der Waals surface area contributed by atoms with E-state index in [0.717, 1.165) is 12.1 Å². The summed E-state index contributed by atoms with van der Waals surface area (Å²) in [6.45, 7) is 0. The van der Waals surface area contributed by atoms with Crippen LogP contribution < -0.4 is 15.5 Å². The maximum absolute atomic E-state index is 13.0. The van der Waals surface area contributed by atoms with E-state index in [4.69, 9.17) is 4.74 Å². The molecule has 8 heteroatoms. The van der Waals surface area contributed by atoms with Gasteiger partial charge >= 0.3 is 6.18 Å². The Bertz CT molecular complexity index is 1040. The second-order valence-corrected chi connectivity index (χ2v) is 5.44. The Hall–Kier alpha value is -3.29. The van der Waals surface area contributed by atoms with Crippen LogP contribution >= 0.6 is 0 Å². The summed E-state index contributed by atoms with van der Waals surface area (Å²) in [4.78, 5) is 27.7. The number of amides is 1. The highest BCUT2D eigenvalue weighted by atomic mass is 19.4. The van der Waals surface area contributed by atoms with E-state index in [1.807, 2.05) is 0 Å². The first kappa shape index (κ1) is 17.5. The number of carbonyl (C=O) groups is 1. The van der Waals surface area contributed by atoms with Gasteiger partial charge in [-0.1, -0.05) is 12.1 Å². The number of halogens is 3. The molecular formula is C18H13F3N2O3. The summed E-state index contributed by atoms with van der Waals surface area (Å²) in [5.41, 5.74) is -1.85. The van der Waals surface area contributed by atoms with E-state index in [-0.39, 0.29) is 10.9 Å². The third-order valence-electron chi connectivity index (χ3n) is 3.81. The molecule has 1 aromatic heterocycles. The number of pyridine rings is 1. The predicted molar refractivity (Wildman–Crippen MR) is 90.5 cm³/mol. The van der Waals surface area contributed by atoms with Crippen LogP contribution in [0.5, 0.6) is 5.75 Å². The summed E-state index contributed by atoms with van der Waals surface area (Å²) in [7, 11) is 1.43. The van der Waals surface area contributed by atoms with Gasteiger partial charge in [0.25, 0.3) is 5.91 Å². The molecule has 2 N–H and O–H groups in total.